The Morgan fingerprint density at radius 1 is 1.45 bits per heavy atom. The van der Waals surface area contributed by atoms with Crippen LogP contribution in [0.2, 0.25) is 0 Å². The number of rotatable bonds is 3. The Labute approximate surface area is 127 Å². The molecule has 0 aliphatic carbocycles. The highest BCUT2D eigenvalue weighted by Crippen LogP contribution is 2.25. The number of hydrogen-bond acceptors (Lipinski definition) is 4. The van der Waals surface area contributed by atoms with Crippen molar-refractivity contribution in [2.24, 2.45) is 0 Å². The maximum atomic E-state index is 4.84. The predicted octanol–water partition coefficient (Wildman–Crippen LogP) is 3.40. The maximum absolute atomic E-state index is 4.84. The van der Waals surface area contributed by atoms with Gasteiger partial charge in [-0.05, 0) is 32.9 Å². The Kier molecular flexibility index (Phi) is 4.88. The summed E-state index contributed by atoms with van der Waals surface area (Å²) < 4.78 is 0. The number of nitrogens with one attached hydrogen (secondary N) is 1. The number of hydrogen-bond donors (Lipinski definition) is 1. The second-order valence-corrected chi connectivity index (χ2v) is 8.22. The van der Waals surface area contributed by atoms with Gasteiger partial charge in [-0.1, -0.05) is 27.7 Å². The lowest BCUT2D eigenvalue weighted by molar-refractivity contribution is 0.208. The molecule has 1 saturated heterocycles. The molecular formula is C16H29N3S. The van der Waals surface area contributed by atoms with E-state index < -0.39 is 0 Å². The Morgan fingerprint density at radius 3 is 2.80 bits per heavy atom. The summed E-state index contributed by atoms with van der Waals surface area (Å²) in [5.41, 5.74) is 1.64. The first kappa shape index (κ1) is 15.9. The molecule has 4 heteroatoms. The van der Waals surface area contributed by atoms with Gasteiger partial charge in [0.15, 0.2) is 0 Å². The Hall–Kier alpha value is -0.450. The molecule has 1 aliphatic heterocycles. The minimum atomic E-state index is 0.160. The van der Waals surface area contributed by atoms with Gasteiger partial charge >= 0.3 is 0 Å². The number of nitrogens with zero attached hydrogens (tertiary/aromatic N) is 2. The van der Waals surface area contributed by atoms with Crippen molar-refractivity contribution in [3.05, 3.63) is 16.1 Å². The highest BCUT2D eigenvalue weighted by atomic mass is 32.1. The van der Waals surface area contributed by atoms with Crippen molar-refractivity contribution in [3.8, 4) is 0 Å². The summed E-state index contributed by atoms with van der Waals surface area (Å²) in [5.74, 6) is 0. The van der Waals surface area contributed by atoms with E-state index >= 15 is 0 Å². The van der Waals surface area contributed by atoms with Gasteiger partial charge in [0.2, 0.25) is 0 Å². The zero-order chi connectivity index (χ0) is 14.8. The van der Waals surface area contributed by atoms with Crippen molar-refractivity contribution in [2.45, 2.75) is 65.0 Å². The van der Waals surface area contributed by atoms with Crippen molar-refractivity contribution in [1.29, 1.82) is 0 Å². The van der Waals surface area contributed by atoms with Crippen molar-refractivity contribution in [3.63, 3.8) is 0 Å². The van der Waals surface area contributed by atoms with Crippen LogP contribution in [0.3, 0.4) is 0 Å². The monoisotopic (exact) mass is 295 g/mol. The summed E-state index contributed by atoms with van der Waals surface area (Å²) in [6.45, 7) is 15.7. The molecule has 1 aromatic rings. The molecule has 1 aliphatic rings. The SMILES string of the molecule is CCC1(C)CN(Cc2nc(C(C)(C)C)cs2)CCCN1. The van der Waals surface area contributed by atoms with Gasteiger partial charge in [0.05, 0.1) is 12.2 Å². The fourth-order valence-electron chi connectivity index (χ4n) is 2.61. The van der Waals surface area contributed by atoms with E-state index in [9.17, 15) is 0 Å². The van der Waals surface area contributed by atoms with Crippen molar-refractivity contribution >= 4 is 11.3 Å². The van der Waals surface area contributed by atoms with E-state index in [1.807, 2.05) is 11.3 Å². The fourth-order valence-corrected chi connectivity index (χ4v) is 3.67. The van der Waals surface area contributed by atoms with E-state index in [1.165, 1.54) is 30.1 Å². The summed E-state index contributed by atoms with van der Waals surface area (Å²) in [4.78, 5) is 7.40. The Bertz CT molecular complexity index is 435. The van der Waals surface area contributed by atoms with Crippen LogP contribution in [0.1, 0.15) is 58.2 Å². The normalized spacial score (nSPS) is 25.6. The molecule has 0 bridgehead atoms. The topological polar surface area (TPSA) is 28.2 Å². The quantitative estimate of drug-likeness (QED) is 0.926. The average Bonchev–Trinajstić information content (AvgIpc) is 2.75. The standard InChI is InChI=1S/C16H29N3S/c1-6-16(5)12-19(9-7-8-17-16)10-14-18-13(11-20-14)15(2,3)4/h11,17H,6-10,12H2,1-5H3. The largest absolute Gasteiger partial charge is 0.310 e. The molecule has 3 nitrogen and oxygen atoms in total. The Morgan fingerprint density at radius 2 is 2.20 bits per heavy atom. The maximum Gasteiger partial charge on any atom is 0.107 e. The van der Waals surface area contributed by atoms with Crippen LogP contribution in [0.15, 0.2) is 5.38 Å². The van der Waals surface area contributed by atoms with E-state index in [4.69, 9.17) is 4.98 Å². The molecule has 1 aromatic heterocycles. The van der Waals surface area contributed by atoms with Crippen LogP contribution in [-0.2, 0) is 12.0 Å². The molecule has 1 unspecified atom stereocenters. The molecule has 1 atom stereocenters. The smallest absolute Gasteiger partial charge is 0.107 e. The summed E-state index contributed by atoms with van der Waals surface area (Å²) in [7, 11) is 0. The van der Waals surface area contributed by atoms with Crippen LogP contribution in [0, 0.1) is 0 Å². The zero-order valence-electron chi connectivity index (χ0n) is 13.6. The molecule has 1 fully saturated rings. The second kappa shape index (κ2) is 6.12. The molecular weight excluding hydrogens is 266 g/mol. The van der Waals surface area contributed by atoms with E-state index in [-0.39, 0.29) is 11.0 Å². The van der Waals surface area contributed by atoms with Gasteiger partial charge in [-0.2, -0.15) is 0 Å². The lowest BCUT2D eigenvalue weighted by Gasteiger charge is -2.32. The van der Waals surface area contributed by atoms with Gasteiger partial charge in [0.25, 0.3) is 0 Å². The third-order valence-electron chi connectivity index (χ3n) is 4.23. The van der Waals surface area contributed by atoms with E-state index in [0.29, 0.717) is 0 Å². The molecule has 2 heterocycles. The zero-order valence-corrected chi connectivity index (χ0v) is 14.4. The number of thiazole rings is 1. The fraction of sp³-hybridized carbons (Fsp3) is 0.812. The lowest BCUT2D eigenvalue weighted by Crippen LogP contribution is -2.48. The molecule has 2 rings (SSSR count). The van der Waals surface area contributed by atoms with Gasteiger partial charge in [-0.25, -0.2) is 4.98 Å². The molecule has 20 heavy (non-hydrogen) atoms. The third-order valence-corrected chi connectivity index (χ3v) is 5.07. The van der Waals surface area contributed by atoms with Crippen LogP contribution in [0.25, 0.3) is 0 Å². The molecule has 0 aromatic carbocycles. The van der Waals surface area contributed by atoms with Crippen LogP contribution in [0.4, 0.5) is 0 Å². The van der Waals surface area contributed by atoms with Gasteiger partial charge in [0.1, 0.15) is 5.01 Å². The van der Waals surface area contributed by atoms with Gasteiger partial charge < -0.3 is 5.32 Å². The van der Waals surface area contributed by atoms with Crippen LogP contribution in [-0.4, -0.2) is 35.1 Å². The van der Waals surface area contributed by atoms with Crippen LogP contribution >= 0.6 is 11.3 Å². The van der Waals surface area contributed by atoms with Crippen LogP contribution < -0.4 is 5.32 Å². The molecule has 0 saturated carbocycles. The summed E-state index contributed by atoms with van der Waals surface area (Å²) in [6.07, 6.45) is 2.40. The molecule has 114 valence electrons. The van der Waals surface area contributed by atoms with Gasteiger partial charge in [0, 0.05) is 22.9 Å². The summed E-state index contributed by atoms with van der Waals surface area (Å²) >= 11 is 1.81. The van der Waals surface area contributed by atoms with E-state index in [1.54, 1.807) is 0 Å². The van der Waals surface area contributed by atoms with E-state index in [2.05, 4.69) is 50.2 Å². The lowest BCUT2D eigenvalue weighted by atomic mass is 9.93. The minimum Gasteiger partial charge on any atom is -0.310 e. The minimum absolute atomic E-state index is 0.160. The highest BCUT2D eigenvalue weighted by molar-refractivity contribution is 7.09. The Balaban J connectivity index is 2.03. The van der Waals surface area contributed by atoms with Gasteiger partial charge in [-0.15, -0.1) is 11.3 Å². The van der Waals surface area contributed by atoms with Crippen molar-refractivity contribution < 1.29 is 0 Å². The third kappa shape index (κ3) is 4.03. The summed E-state index contributed by atoms with van der Waals surface area (Å²) in [6, 6.07) is 0. The number of aromatic nitrogens is 1. The first-order chi connectivity index (χ1) is 9.32. The highest BCUT2D eigenvalue weighted by Gasteiger charge is 2.27. The van der Waals surface area contributed by atoms with Crippen molar-refractivity contribution in [1.82, 2.24) is 15.2 Å². The second-order valence-electron chi connectivity index (χ2n) is 7.28. The molecule has 1 N–H and O–H groups in total. The molecule has 0 amide bonds. The molecule has 0 radical (unpaired) electrons. The molecule has 0 spiro atoms. The summed E-state index contributed by atoms with van der Waals surface area (Å²) in [5, 5.41) is 7.18. The van der Waals surface area contributed by atoms with Gasteiger partial charge in [-0.3, -0.25) is 4.90 Å². The average molecular weight is 295 g/mol. The van der Waals surface area contributed by atoms with E-state index in [0.717, 1.165) is 19.6 Å². The predicted molar refractivity (Wildman–Crippen MR) is 87.4 cm³/mol. The first-order valence-electron chi connectivity index (χ1n) is 7.75. The first-order valence-corrected chi connectivity index (χ1v) is 8.63. The van der Waals surface area contributed by atoms with Crippen LogP contribution in [0.5, 0.6) is 0 Å². The van der Waals surface area contributed by atoms with Crippen molar-refractivity contribution in [2.75, 3.05) is 19.6 Å².